The second kappa shape index (κ2) is 6.40. The fourth-order valence-corrected chi connectivity index (χ4v) is 1.81. The Morgan fingerprint density at radius 2 is 2.11 bits per heavy atom. The molecule has 0 aliphatic rings. The van der Waals surface area contributed by atoms with Gasteiger partial charge in [0.25, 0.3) is 0 Å². The second-order valence-electron chi connectivity index (χ2n) is 4.52. The lowest BCUT2D eigenvalue weighted by atomic mass is 9.97. The van der Waals surface area contributed by atoms with Crippen molar-refractivity contribution in [3.63, 3.8) is 0 Å². The van der Waals surface area contributed by atoms with Crippen LogP contribution in [0.1, 0.15) is 30.9 Å². The zero-order valence-electron chi connectivity index (χ0n) is 11.8. The van der Waals surface area contributed by atoms with Gasteiger partial charge in [0.15, 0.2) is 0 Å². The molecular formula is C14H22N2O2. The van der Waals surface area contributed by atoms with Crippen molar-refractivity contribution in [2.24, 2.45) is 0 Å². The van der Waals surface area contributed by atoms with E-state index in [1.54, 1.807) is 26.2 Å². The highest BCUT2D eigenvalue weighted by molar-refractivity contribution is 5.82. The maximum Gasteiger partial charge on any atom is 0.241 e. The van der Waals surface area contributed by atoms with E-state index in [-0.39, 0.29) is 11.8 Å². The number of nitrogens with one attached hydrogen (secondary N) is 1. The molecule has 100 valence electrons. The molecule has 0 aromatic heterocycles. The lowest BCUT2D eigenvalue weighted by Gasteiger charge is -2.18. The zero-order chi connectivity index (χ0) is 13.7. The van der Waals surface area contributed by atoms with Gasteiger partial charge >= 0.3 is 0 Å². The van der Waals surface area contributed by atoms with Crippen LogP contribution in [0.2, 0.25) is 0 Å². The van der Waals surface area contributed by atoms with Crippen LogP contribution >= 0.6 is 0 Å². The summed E-state index contributed by atoms with van der Waals surface area (Å²) in [5, 5.41) is 1.66. The average molecular weight is 250 g/mol. The van der Waals surface area contributed by atoms with Crippen LogP contribution in [0, 0.1) is 0 Å². The van der Waals surface area contributed by atoms with Gasteiger partial charge in [-0.3, -0.25) is 10.2 Å². The lowest BCUT2D eigenvalue weighted by molar-refractivity contribution is -0.125. The van der Waals surface area contributed by atoms with Crippen molar-refractivity contribution in [1.29, 1.82) is 0 Å². The third kappa shape index (κ3) is 3.47. The number of hydrogen-bond acceptors (Lipinski definition) is 3. The van der Waals surface area contributed by atoms with E-state index >= 15 is 0 Å². The molecule has 1 amide bonds. The molecule has 0 bridgehead atoms. The van der Waals surface area contributed by atoms with Crippen LogP contribution in [0.3, 0.4) is 0 Å². The van der Waals surface area contributed by atoms with E-state index in [1.807, 2.05) is 25.1 Å². The van der Waals surface area contributed by atoms with Crippen LogP contribution in [-0.2, 0) is 11.2 Å². The average Bonchev–Trinajstić information content (AvgIpc) is 2.36. The number of rotatable bonds is 5. The van der Waals surface area contributed by atoms with Crippen molar-refractivity contribution in [3.8, 4) is 5.75 Å². The lowest BCUT2D eigenvalue weighted by Crippen LogP contribution is -2.38. The summed E-state index contributed by atoms with van der Waals surface area (Å²) in [6, 6.07) is 5.91. The maximum atomic E-state index is 11.9. The van der Waals surface area contributed by atoms with Crippen molar-refractivity contribution >= 4 is 5.91 Å². The van der Waals surface area contributed by atoms with E-state index in [0.29, 0.717) is 0 Å². The van der Waals surface area contributed by atoms with Gasteiger partial charge in [0.05, 0.1) is 13.0 Å². The quantitative estimate of drug-likeness (QED) is 0.812. The van der Waals surface area contributed by atoms with Gasteiger partial charge in [-0.1, -0.05) is 19.1 Å². The topological polar surface area (TPSA) is 41.6 Å². The smallest absolute Gasteiger partial charge is 0.241 e. The molecule has 18 heavy (non-hydrogen) atoms. The van der Waals surface area contributed by atoms with E-state index in [2.05, 4.69) is 12.3 Å². The van der Waals surface area contributed by atoms with E-state index in [1.165, 1.54) is 0 Å². The van der Waals surface area contributed by atoms with Gasteiger partial charge in [-0.15, -0.1) is 0 Å². The van der Waals surface area contributed by atoms with Crippen LogP contribution in [0.5, 0.6) is 5.75 Å². The molecule has 0 saturated carbocycles. The summed E-state index contributed by atoms with van der Waals surface area (Å²) in [6.07, 6.45) is 0.888. The Morgan fingerprint density at radius 3 is 2.61 bits per heavy atom. The summed E-state index contributed by atoms with van der Waals surface area (Å²) in [5.41, 5.74) is 4.90. The molecule has 0 fully saturated rings. The van der Waals surface area contributed by atoms with Crippen molar-refractivity contribution in [2.45, 2.75) is 26.2 Å². The summed E-state index contributed by atoms with van der Waals surface area (Å²) in [5.74, 6) is 0.692. The number of hydrogen-bond donors (Lipinski definition) is 1. The van der Waals surface area contributed by atoms with Crippen LogP contribution < -0.4 is 10.2 Å². The number of carbonyl (C=O) groups is 1. The summed E-state index contributed by atoms with van der Waals surface area (Å²) in [6.45, 7) is 3.98. The molecule has 0 spiro atoms. The molecule has 0 aliphatic heterocycles. The first-order valence-electron chi connectivity index (χ1n) is 6.14. The Kier molecular flexibility index (Phi) is 5.16. The van der Waals surface area contributed by atoms with Gasteiger partial charge < -0.3 is 4.74 Å². The van der Waals surface area contributed by atoms with Crippen LogP contribution in [0.4, 0.5) is 0 Å². The molecule has 0 aliphatic carbocycles. The van der Waals surface area contributed by atoms with Gasteiger partial charge in [0, 0.05) is 14.1 Å². The predicted molar refractivity (Wildman–Crippen MR) is 72.6 cm³/mol. The van der Waals surface area contributed by atoms with Crippen LogP contribution in [-0.4, -0.2) is 32.1 Å². The van der Waals surface area contributed by atoms with Gasteiger partial charge in [-0.25, -0.2) is 5.01 Å². The number of benzene rings is 1. The molecule has 1 aromatic carbocycles. The molecule has 4 heteroatoms. The number of ether oxygens (including phenoxy) is 1. The fraction of sp³-hybridized carbons (Fsp3) is 0.500. The van der Waals surface area contributed by atoms with E-state index < -0.39 is 0 Å². The predicted octanol–water partition coefficient (Wildman–Crippen LogP) is 1.95. The van der Waals surface area contributed by atoms with Gasteiger partial charge in [-0.05, 0) is 30.5 Å². The first-order valence-corrected chi connectivity index (χ1v) is 6.14. The largest absolute Gasteiger partial charge is 0.496 e. The van der Waals surface area contributed by atoms with Gasteiger partial charge in [0.2, 0.25) is 5.91 Å². The zero-order valence-corrected chi connectivity index (χ0v) is 11.8. The number of methoxy groups -OCH3 is 1. The molecule has 1 atom stereocenters. The number of carbonyl (C=O) groups excluding carboxylic acids is 1. The van der Waals surface area contributed by atoms with Gasteiger partial charge in [0.1, 0.15) is 5.75 Å². The molecule has 1 unspecified atom stereocenters. The highest BCUT2D eigenvalue weighted by Gasteiger charge is 2.16. The van der Waals surface area contributed by atoms with E-state index in [0.717, 1.165) is 23.3 Å². The Balaban J connectivity index is 2.92. The van der Waals surface area contributed by atoms with Crippen molar-refractivity contribution in [2.75, 3.05) is 21.2 Å². The van der Waals surface area contributed by atoms with E-state index in [4.69, 9.17) is 4.74 Å². The van der Waals surface area contributed by atoms with Crippen LogP contribution in [0.15, 0.2) is 18.2 Å². The molecule has 0 radical (unpaired) electrons. The molecule has 1 N–H and O–H groups in total. The first kappa shape index (κ1) is 14.5. The standard InChI is InChI=1S/C14H22N2O2/c1-6-11-9-12(7-8-13(11)18-5)10(2)14(17)15-16(3)4/h7-10H,6H2,1-5H3,(H,15,17). The van der Waals surface area contributed by atoms with Gasteiger partial charge in [-0.2, -0.15) is 0 Å². The summed E-state index contributed by atoms with van der Waals surface area (Å²) < 4.78 is 5.29. The molecule has 0 saturated heterocycles. The Morgan fingerprint density at radius 1 is 1.44 bits per heavy atom. The van der Waals surface area contributed by atoms with Crippen LogP contribution in [0.25, 0.3) is 0 Å². The molecule has 1 aromatic rings. The SMILES string of the molecule is CCc1cc(C(C)C(=O)NN(C)C)ccc1OC. The second-order valence-corrected chi connectivity index (χ2v) is 4.52. The first-order chi connectivity index (χ1) is 8.49. The maximum absolute atomic E-state index is 11.9. The third-order valence-electron chi connectivity index (χ3n) is 2.91. The summed E-state index contributed by atoms with van der Waals surface area (Å²) >= 11 is 0. The normalized spacial score (nSPS) is 12.3. The molecule has 4 nitrogen and oxygen atoms in total. The number of aryl methyl sites for hydroxylation is 1. The van der Waals surface area contributed by atoms with Crippen molar-refractivity contribution < 1.29 is 9.53 Å². The summed E-state index contributed by atoms with van der Waals surface area (Å²) in [4.78, 5) is 11.9. The van der Waals surface area contributed by atoms with E-state index in [9.17, 15) is 4.79 Å². The monoisotopic (exact) mass is 250 g/mol. The minimum atomic E-state index is -0.177. The minimum Gasteiger partial charge on any atom is -0.496 e. The summed E-state index contributed by atoms with van der Waals surface area (Å²) in [7, 11) is 5.27. The highest BCUT2D eigenvalue weighted by Crippen LogP contribution is 2.24. The van der Waals surface area contributed by atoms with Crippen molar-refractivity contribution in [3.05, 3.63) is 29.3 Å². The molecule has 1 rings (SSSR count). The Labute approximate surface area is 109 Å². The molecule has 0 heterocycles. The number of hydrazine groups is 1. The molecular weight excluding hydrogens is 228 g/mol. The number of nitrogens with zero attached hydrogens (tertiary/aromatic N) is 1. The van der Waals surface area contributed by atoms with Crippen molar-refractivity contribution in [1.82, 2.24) is 10.4 Å². The minimum absolute atomic E-state index is 0.00720. The third-order valence-corrected chi connectivity index (χ3v) is 2.91. The fourth-order valence-electron chi connectivity index (χ4n) is 1.81. The Hall–Kier alpha value is -1.55. The highest BCUT2D eigenvalue weighted by atomic mass is 16.5. The Bertz CT molecular complexity index is 416. The number of amides is 1.